The van der Waals surface area contributed by atoms with Crippen molar-refractivity contribution < 1.29 is 9.53 Å². The fourth-order valence-corrected chi connectivity index (χ4v) is 2.41. The second-order valence-corrected chi connectivity index (χ2v) is 6.74. The Morgan fingerprint density at radius 3 is 2.62 bits per heavy atom. The molecular formula is C15H19N3O2S. The molecule has 0 aliphatic heterocycles. The molecule has 0 bridgehead atoms. The number of nitrogens with zero attached hydrogens (tertiary/aromatic N) is 2. The summed E-state index contributed by atoms with van der Waals surface area (Å²) in [6, 6.07) is 7.58. The first kappa shape index (κ1) is 15.4. The zero-order valence-corrected chi connectivity index (χ0v) is 13.5. The maximum absolute atomic E-state index is 11.9. The molecule has 21 heavy (non-hydrogen) atoms. The van der Waals surface area contributed by atoms with Crippen LogP contribution in [0.1, 0.15) is 31.3 Å². The van der Waals surface area contributed by atoms with Gasteiger partial charge in [0.1, 0.15) is 10.8 Å². The number of para-hydroxylation sites is 1. The topological polar surface area (TPSA) is 64.1 Å². The Balaban J connectivity index is 1.90. The number of aryl methyl sites for hydroxylation is 1. The third-order valence-electron chi connectivity index (χ3n) is 2.77. The third kappa shape index (κ3) is 4.26. The van der Waals surface area contributed by atoms with Crippen molar-refractivity contribution in [1.82, 2.24) is 10.2 Å². The number of nitrogens with one attached hydrogen (secondary N) is 1. The molecule has 0 aliphatic rings. The lowest BCUT2D eigenvalue weighted by atomic mass is 9.98. The Morgan fingerprint density at radius 1 is 1.29 bits per heavy atom. The van der Waals surface area contributed by atoms with Crippen LogP contribution >= 0.6 is 11.3 Å². The van der Waals surface area contributed by atoms with Crippen molar-refractivity contribution in [2.24, 2.45) is 0 Å². The van der Waals surface area contributed by atoms with E-state index in [0.717, 1.165) is 10.6 Å². The van der Waals surface area contributed by atoms with Gasteiger partial charge < -0.3 is 4.74 Å². The molecule has 1 heterocycles. The molecule has 2 rings (SSSR count). The zero-order chi connectivity index (χ0) is 15.5. The molecule has 1 amide bonds. The highest BCUT2D eigenvalue weighted by atomic mass is 32.1. The van der Waals surface area contributed by atoms with Crippen molar-refractivity contribution in [3.63, 3.8) is 0 Å². The van der Waals surface area contributed by atoms with Crippen LogP contribution in [0, 0.1) is 6.92 Å². The maximum Gasteiger partial charge on any atom is 0.264 e. The third-order valence-corrected chi connectivity index (χ3v) is 4.03. The summed E-state index contributed by atoms with van der Waals surface area (Å²) < 4.78 is 5.49. The molecule has 0 aliphatic carbocycles. The van der Waals surface area contributed by atoms with E-state index in [0.29, 0.717) is 10.9 Å². The van der Waals surface area contributed by atoms with E-state index in [1.165, 1.54) is 11.3 Å². The number of ether oxygens (including phenoxy) is 1. The highest BCUT2D eigenvalue weighted by Gasteiger charge is 2.20. The number of hydrogen-bond acceptors (Lipinski definition) is 5. The van der Waals surface area contributed by atoms with Crippen LogP contribution in [0.5, 0.6) is 5.75 Å². The van der Waals surface area contributed by atoms with E-state index >= 15 is 0 Å². The van der Waals surface area contributed by atoms with Gasteiger partial charge in [-0.3, -0.25) is 10.1 Å². The van der Waals surface area contributed by atoms with Gasteiger partial charge in [0, 0.05) is 5.41 Å². The van der Waals surface area contributed by atoms with Crippen LogP contribution in [-0.4, -0.2) is 22.7 Å². The summed E-state index contributed by atoms with van der Waals surface area (Å²) in [5, 5.41) is 12.2. The Bertz CT molecular complexity index is 632. The van der Waals surface area contributed by atoms with Crippen LogP contribution in [0.2, 0.25) is 0 Å². The van der Waals surface area contributed by atoms with Gasteiger partial charge in [-0.05, 0) is 18.6 Å². The van der Waals surface area contributed by atoms with Gasteiger partial charge in [0.05, 0.1) is 0 Å². The quantitative estimate of drug-likeness (QED) is 0.942. The Labute approximate surface area is 128 Å². The van der Waals surface area contributed by atoms with Crippen molar-refractivity contribution in [2.75, 3.05) is 11.9 Å². The second kappa shape index (κ2) is 6.22. The summed E-state index contributed by atoms with van der Waals surface area (Å²) in [7, 11) is 0. The molecule has 0 radical (unpaired) electrons. The maximum atomic E-state index is 11.9. The van der Waals surface area contributed by atoms with Gasteiger partial charge in [0.15, 0.2) is 6.61 Å². The normalized spacial score (nSPS) is 11.2. The molecule has 0 fully saturated rings. The molecule has 0 unspecified atom stereocenters. The predicted molar refractivity (Wildman–Crippen MR) is 83.9 cm³/mol. The standard InChI is InChI=1S/C15H19N3O2S/c1-10-7-5-6-8-11(10)20-9-12(19)16-14-18-17-13(21-14)15(2,3)4/h5-8H,9H2,1-4H3,(H,16,18,19). The average molecular weight is 305 g/mol. The number of aromatic nitrogens is 2. The molecule has 6 heteroatoms. The van der Waals surface area contributed by atoms with Crippen molar-refractivity contribution in [3.8, 4) is 5.75 Å². The summed E-state index contributed by atoms with van der Waals surface area (Å²) in [6.45, 7) is 8.06. The Hall–Kier alpha value is -1.95. The summed E-state index contributed by atoms with van der Waals surface area (Å²) in [6.07, 6.45) is 0. The van der Waals surface area contributed by atoms with Crippen molar-refractivity contribution >= 4 is 22.4 Å². The van der Waals surface area contributed by atoms with Crippen LogP contribution in [0.3, 0.4) is 0 Å². The lowest BCUT2D eigenvalue weighted by molar-refractivity contribution is -0.118. The first-order valence-corrected chi connectivity index (χ1v) is 7.50. The van der Waals surface area contributed by atoms with Crippen molar-refractivity contribution in [1.29, 1.82) is 0 Å². The molecule has 1 aromatic carbocycles. The molecule has 0 saturated heterocycles. The number of hydrogen-bond donors (Lipinski definition) is 1. The minimum absolute atomic E-state index is 0.0463. The molecule has 1 N–H and O–H groups in total. The van der Waals surface area contributed by atoms with Crippen LogP contribution in [0.25, 0.3) is 0 Å². The average Bonchev–Trinajstić information content (AvgIpc) is 2.86. The van der Waals surface area contributed by atoms with Gasteiger partial charge in [-0.2, -0.15) is 0 Å². The van der Waals surface area contributed by atoms with E-state index < -0.39 is 0 Å². The molecular weight excluding hydrogens is 286 g/mol. The minimum atomic E-state index is -0.241. The molecule has 0 atom stereocenters. The molecule has 0 saturated carbocycles. The molecule has 112 valence electrons. The number of amides is 1. The first-order chi connectivity index (χ1) is 9.86. The lowest BCUT2D eigenvalue weighted by Gasteiger charge is -2.12. The van der Waals surface area contributed by atoms with E-state index in [1.54, 1.807) is 0 Å². The van der Waals surface area contributed by atoms with E-state index in [1.807, 2.05) is 31.2 Å². The number of benzene rings is 1. The Morgan fingerprint density at radius 2 is 2.00 bits per heavy atom. The number of rotatable bonds is 4. The molecule has 2 aromatic rings. The van der Waals surface area contributed by atoms with Gasteiger partial charge in [0.25, 0.3) is 5.91 Å². The van der Waals surface area contributed by atoms with Crippen LogP contribution in [0.4, 0.5) is 5.13 Å². The smallest absolute Gasteiger partial charge is 0.264 e. The van der Waals surface area contributed by atoms with Crippen LogP contribution in [0.15, 0.2) is 24.3 Å². The fraction of sp³-hybridized carbons (Fsp3) is 0.400. The fourth-order valence-electron chi connectivity index (χ4n) is 1.59. The van der Waals surface area contributed by atoms with Crippen LogP contribution in [-0.2, 0) is 10.2 Å². The van der Waals surface area contributed by atoms with E-state index in [9.17, 15) is 4.79 Å². The number of carbonyl (C=O) groups is 1. The second-order valence-electron chi connectivity index (χ2n) is 5.76. The number of carbonyl (C=O) groups excluding carboxylic acids is 1. The minimum Gasteiger partial charge on any atom is -0.483 e. The zero-order valence-electron chi connectivity index (χ0n) is 12.6. The highest BCUT2D eigenvalue weighted by Crippen LogP contribution is 2.27. The number of anilines is 1. The Kier molecular flexibility index (Phi) is 4.57. The largest absolute Gasteiger partial charge is 0.483 e. The molecule has 5 nitrogen and oxygen atoms in total. The highest BCUT2D eigenvalue weighted by molar-refractivity contribution is 7.15. The molecule has 0 spiro atoms. The van der Waals surface area contributed by atoms with Gasteiger partial charge in [-0.15, -0.1) is 10.2 Å². The van der Waals surface area contributed by atoms with E-state index in [2.05, 4.69) is 36.3 Å². The van der Waals surface area contributed by atoms with Gasteiger partial charge in [0.2, 0.25) is 5.13 Å². The van der Waals surface area contributed by atoms with E-state index in [-0.39, 0.29) is 17.9 Å². The van der Waals surface area contributed by atoms with E-state index in [4.69, 9.17) is 4.74 Å². The lowest BCUT2D eigenvalue weighted by Crippen LogP contribution is -2.20. The predicted octanol–water partition coefficient (Wildman–Crippen LogP) is 3.16. The van der Waals surface area contributed by atoms with Crippen LogP contribution < -0.4 is 10.1 Å². The van der Waals surface area contributed by atoms with Gasteiger partial charge in [-0.25, -0.2) is 0 Å². The van der Waals surface area contributed by atoms with Gasteiger partial charge in [-0.1, -0.05) is 50.3 Å². The monoisotopic (exact) mass is 305 g/mol. The van der Waals surface area contributed by atoms with Gasteiger partial charge >= 0.3 is 0 Å². The SMILES string of the molecule is Cc1ccccc1OCC(=O)Nc1nnc(C(C)(C)C)s1. The summed E-state index contributed by atoms with van der Waals surface area (Å²) in [4.78, 5) is 11.9. The summed E-state index contributed by atoms with van der Waals surface area (Å²) in [5.41, 5.74) is 0.925. The first-order valence-electron chi connectivity index (χ1n) is 6.68. The summed E-state index contributed by atoms with van der Waals surface area (Å²) >= 11 is 1.38. The van der Waals surface area contributed by atoms with Crippen molar-refractivity contribution in [3.05, 3.63) is 34.8 Å². The van der Waals surface area contributed by atoms with Crippen molar-refractivity contribution in [2.45, 2.75) is 33.1 Å². The molecule has 1 aromatic heterocycles. The summed E-state index contributed by atoms with van der Waals surface area (Å²) in [5.74, 6) is 0.468.